The summed E-state index contributed by atoms with van der Waals surface area (Å²) in [6.45, 7) is 3.84. The summed E-state index contributed by atoms with van der Waals surface area (Å²) in [5.74, 6) is 1.21. The lowest BCUT2D eigenvalue weighted by Crippen LogP contribution is -2.47. The van der Waals surface area contributed by atoms with Gasteiger partial charge in [-0.15, -0.1) is 0 Å². The molecule has 2 amide bonds. The second-order valence-corrected chi connectivity index (χ2v) is 9.20. The summed E-state index contributed by atoms with van der Waals surface area (Å²) in [5, 5.41) is 5.86. The van der Waals surface area contributed by atoms with Crippen molar-refractivity contribution >= 4 is 28.9 Å². The summed E-state index contributed by atoms with van der Waals surface area (Å²) in [6.07, 6.45) is 0.214. The molecule has 0 aliphatic carbocycles. The number of hydrogen-bond acceptors (Lipinski definition) is 7. The predicted molar refractivity (Wildman–Crippen MR) is 153 cm³/mol. The number of amides is 2. The molecule has 4 rings (SSSR count). The van der Waals surface area contributed by atoms with Gasteiger partial charge in [0.15, 0.2) is 0 Å². The molecule has 9 heteroatoms. The van der Waals surface area contributed by atoms with E-state index in [2.05, 4.69) is 26.5 Å². The molecule has 206 valence electrons. The molecule has 9 nitrogen and oxygen atoms in total. The first-order valence-corrected chi connectivity index (χ1v) is 13.0. The third-order valence-electron chi connectivity index (χ3n) is 6.69. The Kier molecular flexibility index (Phi) is 9.64. The molecule has 1 aliphatic rings. The SMILES string of the molecule is COCCNC(=O)c1cc(NC(=O)Cc2ccc(OC)cc2)ccc1N1CCN(c2ccccc2OC)CC1. The van der Waals surface area contributed by atoms with Crippen LogP contribution in [0.5, 0.6) is 11.5 Å². The first-order valence-electron chi connectivity index (χ1n) is 13.0. The largest absolute Gasteiger partial charge is 0.497 e. The van der Waals surface area contributed by atoms with Crippen LogP contribution in [0.4, 0.5) is 17.1 Å². The summed E-state index contributed by atoms with van der Waals surface area (Å²) in [5.41, 5.74) is 3.85. The van der Waals surface area contributed by atoms with Crippen molar-refractivity contribution < 1.29 is 23.8 Å². The molecular formula is C30H36N4O5. The van der Waals surface area contributed by atoms with E-state index in [0.717, 1.165) is 54.6 Å². The third-order valence-corrected chi connectivity index (χ3v) is 6.69. The van der Waals surface area contributed by atoms with Crippen molar-refractivity contribution in [2.24, 2.45) is 0 Å². The van der Waals surface area contributed by atoms with Crippen molar-refractivity contribution in [3.05, 3.63) is 77.9 Å². The van der Waals surface area contributed by atoms with E-state index in [-0.39, 0.29) is 18.2 Å². The molecule has 1 aliphatic heterocycles. The Bertz CT molecular complexity index is 1260. The van der Waals surface area contributed by atoms with Crippen molar-refractivity contribution in [1.29, 1.82) is 0 Å². The van der Waals surface area contributed by atoms with Gasteiger partial charge in [-0.05, 0) is 48.0 Å². The number of anilines is 3. The zero-order valence-corrected chi connectivity index (χ0v) is 22.7. The van der Waals surface area contributed by atoms with Gasteiger partial charge >= 0.3 is 0 Å². The Balaban J connectivity index is 1.48. The van der Waals surface area contributed by atoms with Gasteiger partial charge in [-0.1, -0.05) is 24.3 Å². The minimum Gasteiger partial charge on any atom is -0.497 e. The van der Waals surface area contributed by atoms with Gasteiger partial charge in [0.1, 0.15) is 11.5 Å². The van der Waals surface area contributed by atoms with Crippen molar-refractivity contribution in [2.45, 2.75) is 6.42 Å². The summed E-state index contributed by atoms with van der Waals surface area (Å²) < 4.78 is 15.8. The first kappa shape index (κ1) is 27.8. The second-order valence-electron chi connectivity index (χ2n) is 9.20. The topological polar surface area (TPSA) is 92.4 Å². The highest BCUT2D eigenvalue weighted by Crippen LogP contribution is 2.31. The van der Waals surface area contributed by atoms with Gasteiger partial charge in [0.05, 0.1) is 38.5 Å². The zero-order chi connectivity index (χ0) is 27.6. The molecule has 0 radical (unpaired) electrons. The lowest BCUT2D eigenvalue weighted by atomic mass is 10.1. The number of hydrogen-bond donors (Lipinski definition) is 2. The molecule has 0 bridgehead atoms. The van der Waals surface area contributed by atoms with E-state index < -0.39 is 0 Å². The van der Waals surface area contributed by atoms with Crippen LogP contribution in [-0.2, 0) is 16.0 Å². The molecule has 0 aromatic heterocycles. The van der Waals surface area contributed by atoms with Crippen molar-refractivity contribution in [2.75, 3.05) is 75.8 Å². The van der Waals surface area contributed by atoms with Crippen LogP contribution < -0.4 is 29.9 Å². The van der Waals surface area contributed by atoms with Crippen LogP contribution in [0, 0.1) is 0 Å². The van der Waals surface area contributed by atoms with Crippen LogP contribution in [0.2, 0.25) is 0 Å². The van der Waals surface area contributed by atoms with Gasteiger partial charge in [-0.2, -0.15) is 0 Å². The van der Waals surface area contributed by atoms with Gasteiger partial charge in [-0.25, -0.2) is 0 Å². The highest BCUT2D eigenvalue weighted by molar-refractivity contribution is 6.02. The van der Waals surface area contributed by atoms with E-state index in [1.54, 1.807) is 27.4 Å². The van der Waals surface area contributed by atoms with Crippen LogP contribution in [0.1, 0.15) is 15.9 Å². The van der Waals surface area contributed by atoms with Crippen molar-refractivity contribution in [3.63, 3.8) is 0 Å². The molecule has 3 aromatic carbocycles. The quantitative estimate of drug-likeness (QED) is 0.365. The number of nitrogens with one attached hydrogen (secondary N) is 2. The number of benzene rings is 3. The van der Waals surface area contributed by atoms with E-state index in [1.165, 1.54) is 0 Å². The maximum atomic E-state index is 13.2. The van der Waals surface area contributed by atoms with Crippen molar-refractivity contribution in [1.82, 2.24) is 5.32 Å². The first-order chi connectivity index (χ1) is 19.0. The molecule has 39 heavy (non-hydrogen) atoms. The molecule has 1 saturated heterocycles. The normalized spacial score (nSPS) is 13.1. The van der Waals surface area contributed by atoms with Crippen molar-refractivity contribution in [3.8, 4) is 11.5 Å². The minimum absolute atomic E-state index is 0.163. The smallest absolute Gasteiger partial charge is 0.253 e. The van der Waals surface area contributed by atoms with Gasteiger partial charge in [0, 0.05) is 51.2 Å². The molecular weight excluding hydrogens is 496 g/mol. The molecule has 3 aromatic rings. The summed E-state index contributed by atoms with van der Waals surface area (Å²) in [6, 6.07) is 20.9. The summed E-state index contributed by atoms with van der Waals surface area (Å²) in [4.78, 5) is 30.5. The summed E-state index contributed by atoms with van der Waals surface area (Å²) >= 11 is 0. The number of para-hydroxylation sites is 2. The van der Waals surface area contributed by atoms with Gasteiger partial charge in [0.2, 0.25) is 5.91 Å². The number of nitrogens with zero attached hydrogens (tertiary/aromatic N) is 2. The lowest BCUT2D eigenvalue weighted by molar-refractivity contribution is -0.115. The van der Waals surface area contributed by atoms with Crippen LogP contribution in [0.15, 0.2) is 66.7 Å². The Morgan fingerprint density at radius 3 is 2.18 bits per heavy atom. The number of ether oxygens (including phenoxy) is 3. The fraction of sp³-hybridized carbons (Fsp3) is 0.333. The standard InChI is InChI=1S/C30H36N4O5/c1-37-19-14-31-30(36)25-21-23(32-29(35)20-22-8-11-24(38-2)12-9-22)10-13-26(25)33-15-17-34(18-16-33)27-6-4-5-7-28(27)39-3/h4-13,21H,14-20H2,1-3H3,(H,31,36)(H,32,35). The number of piperazine rings is 1. The molecule has 0 atom stereocenters. The second kappa shape index (κ2) is 13.5. The van der Waals surface area contributed by atoms with Crippen LogP contribution in [-0.4, -0.2) is 72.5 Å². The lowest BCUT2D eigenvalue weighted by Gasteiger charge is -2.38. The number of methoxy groups -OCH3 is 3. The van der Waals surface area contributed by atoms with E-state index in [1.807, 2.05) is 54.6 Å². The maximum absolute atomic E-state index is 13.2. The van der Waals surface area contributed by atoms with E-state index in [4.69, 9.17) is 14.2 Å². The molecule has 1 fully saturated rings. The molecule has 1 heterocycles. The Hall–Kier alpha value is -4.24. The average molecular weight is 533 g/mol. The molecule has 0 spiro atoms. The highest BCUT2D eigenvalue weighted by Gasteiger charge is 2.24. The molecule has 0 saturated carbocycles. The predicted octanol–water partition coefficient (Wildman–Crippen LogP) is 3.59. The van der Waals surface area contributed by atoms with Crippen LogP contribution in [0.25, 0.3) is 0 Å². The van der Waals surface area contributed by atoms with E-state index >= 15 is 0 Å². The molecule has 2 N–H and O–H groups in total. The number of carbonyl (C=O) groups excluding carboxylic acids is 2. The molecule has 0 unspecified atom stereocenters. The maximum Gasteiger partial charge on any atom is 0.253 e. The van der Waals surface area contributed by atoms with Crippen LogP contribution >= 0.6 is 0 Å². The number of rotatable bonds is 11. The van der Waals surface area contributed by atoms with Gasteiger partial charge < -0.3 is 34.6 Å². The van der Waals surface area contributed by atoms with Gasteiger partial charge in [0.25, 0.3) is 5.91 Å². The van der Waals surface area contributed by atoms with E-state index in [9.17, 15) is 9.59 Å². The van der Waals surface area contributed by atoms with Crippen LogP contribution in [0.3, 0.4) is 0 Å². The minimum atomic E-state index is -0.208. The third kappa shape index (κ3) is 7.20. The number of carbonyl (C=O) groups is 2. The van der Waals surface area contributed by atoms with E-state index in [0.29, 0.717) is 24.4 Å². The fourth-order valence-electron chi connectivity index (χ4n) is 4.65. The fourth-order valence-corrected chi connectivity index (χ4v) is 4.65. The summed E-state index contributed by atoms with van der Waals surface area (Å²) in [7, 11) is 4.88. The van der Waals surface area contributed by atoms with Gasteiger partial charge in [-0.3, -0.25) is 9.59 Å². The highest BCUT2D eigenvalue weighted by atomic mass is 16.5. The monoisotopic (exact) mass is 532 g/mol. The zero-order valence-electron chi connectivity index (χ0n) is 22.7. The Morgan fingerprint density at radius 1 is 0.821 bits per heavy atom. The average Bonchev–Trinajstić information content (AvgIpc) is 2.97. The Labute approximate surface area is 229 Å². The Morgan fingerprint density at radius 2 is 1.51 bits per heavy atom.